The molecule has 0 fully saturated rings. The Bertz CT molecular complexity index is 196. The highest BCUT2D eigenvalue weighted by Crippen LogP contribution is 1.89. The van der Waals surface area contributed by atoms with Gasteiger partial charge in [-0.15, -0.1) is 0 Å². The lowest BCUT2D eigenvalue weighted by Gasteiger charge is -2.07. The number of methoxy groups -OCH3 is 1. The second kappa shape index (κ2) is 7.28. The zero-order chi connectivity index (χ0) is 11.0. The van der Waals surface area contributed by atoms with Crippen molar-refractivity contribution in [3.8, 4) is 0 Å². The van der Waals surface area contributed by atoms with Crippen LogP contribution in [0.2, 0.25) is 0 Å². The minimum Gasteiger partial charge on any atom is -0.469 e. The third-order valence-electron chi connectivity index (χ3n) is 1.63. The topological polar surface area (TPSA) is 102 Å². The van der Waals surface area contributed by atoms with E-state index >= 15 is 0 Å². The van der Waals surface area contributed by atoms with E-state index in [2.05, 4.69) is 10.1 Å². The molecule has 0 aliphatic rings. The Morgan fingerprint density at radius 3 is 2.71 bits per heavy atom. The van der Waals surface area contributed by atoms with Gasteiger partial charge in [-0.25, -0.2) is 0 Å². The number of carbonyl (C=O) groups is 2. The van der Waals surface area contributed by atoms with E-state index in [1.165, 1.54) is 7.11 Å². The van der Waals surface area contributed by atoms with Gasteiger partial charge in [0.05, 0.1) is 7.11 Å². The molecule has 6 heteroatoms. The van der Waals surface area contributed by atoms with Crippen molar-refractivity contribution in [2.24, 2.45) is 5.73 Å². The van der Waals surface area contributed by atoms with E-state index in [9.17, 15) is 9.59 Å². The average Bonchev–Trinajstić information content (AvgIpc) is 2.16. The standard InChI is InChI=1S/C8H16N2O4/c1-14-7(12)3-2-4-10-5-6(11)8(9)13/h6,10-11H,2-5H2,1H3,(H2,9,13). The fraction of sp³-hybridized carbons (Fsp3) is 0.750. The molecule has 6 nitrogen and oxygen atoms in total. The molecule has 1 atom stereocenters. The molecule has 14 heavy (non-hydrogen) atoms. The lowest BCUT2D eigenvalue weighted by atomic mass is 10.3. The Labute approximate surface area is 82.4 Å². The summed E-state index contributed by atoms with van der Waals surface area (Å²) < 4.78 is 4.43. The molecule has 0 saturated heterocycles. The molecule has 4 N–H and O–H groups in total. The fourth-order valence-corrected chi connectivity index (χ4v) is 0.799. The van der Waals surface area contributed by atoms with Crippen molar-refractivity contribution in [3.63, 3.8) is 0 Å². The minimum atomic E-state index is -1.17. The van der Waals surface area contributed by atoms with Crippen LogP contribution in [0.3, 0.4) is 0 Å². The Morgan fingerprint density at radius 2 is 2.21 bits per heavy atom. The van der Waals surface area contributed by atoms with E-state index in [-0.39, 0.29) is 12.5 Å². The third-order valence-corrected chi connectivity index (χ3v) is 1.63. The van der Waals surface area contributed by atoms with Crippen LogP contribution in [0.15, 0.2) is 0 Å². The number of esters is 1. The molecule has 0 aromatic rings. The molecule has 0 aliphatic carbocycles. The van der Waals surface area contributed by atoms with Gasteiger partial charge < -0.3 is 20.9 Å². The van der Waals surface area contributed by atoms with Gasteiger partial charge in [-0.05, 0) is 13.0 Å². The van der Waals surface area contributed by atoms with E-state index in [0.29, 0.717) is 19.4 Å². The molecule has 0 aliphatic heterocycles. The predicted molar refractivity (Wildman–Crippen MR) is 49.3 cm³/mol. The number of amides is 1. The Kier molecular flexibility index (Phi) is 6.69. The highest BCUT2D eigenvalue weighted by atomic mass is 16.5. The van der Waals surface area contributed by atoms with Crippen molar-refractivity contribution >= 4 is 11.9 Å². The van der Waals surface area contributed by atoms with Crippen LogP contribution in [0.25, 0.3) is 0 Å². The van der Waals surface area contributed by atoms with E-state index in [4.69, 9.17) is 10.8 Å². The zero-order valence-corrected chi connectivity index (χ0v) is 8.16. The first-order valence-electron chi connectivity index (χ1n) is 4.33. The summed E-state index contributed by atoms with van der Waals surface area (Å²) in [7, 11) is 1.33. The number of nitrogens with one attached hydrogen (secondary N) is 1. The molecule has 82 valence electrons. The number of hydrogen-bond acceptors (Lipinski definition) is 5. The molecule has 0 heterocycles. The van der Waals surface area contributed by atoms with E-state index < -0.39 is 12.0 Å². The van der Waals surface area contributed by atoms with Crippen molar-refractivity contribution in [2.45, 2.75) is 18.9 Å². The molecule has 0 saturated carbocycles. The molecule has 1 amide bonds. The molecule has 0 rings (SSSR count). The summed E-state index contributed by atoms with van der Waals surface area (Å²) >= 11 is 0. The van der Waals surface area contributed by atoms with Crippen molar-refractivity contribution < 1.29 is 19.4 Å². The number of ether oxygens (including phenoxy) is 1. The van der Waals surface area contributed by atoms with Gasteiger partial charge in [0.25, 0.3) is 0 Å². The molecule has 0 spiro atoms. The minimum absolute atomic E-state index is 0.108. The summed E-state index contributed by atoms with van der Waals surface area (Å²) in [5.74, 6) is -1.03. The third kappa shape index (κ3) is 6.38. The lowest BCUT2D eigenvalue weighted by Crippen LogP contribution is -2.37. The summed E-state index contributed by atoms with van der Waals surface area (Å²) in [4.78, 5) is 21.0. The maximum atomic E-state index is 10.6. The van der Waals surface area contributed by atoms with Crippen molar-refractivity contribution in [1.82, 2.24) is 5.32 Å². The van der Waals surface area contributed by atoms with Gasteiger partial charge in [0, 0.05) is 13.0 Å². The molecular formula is C8H16N2O4. The second-order valence-corrected chi connectivity index (χ2v) is 2.80. The first-order chi connectivity index (χ1) is 6.57. The Morgan fingerprint density at radius 1 is 1.57 bits per heavy atom. The highest BCUT2D eigenvalue weighted by Gasteiger charge is 2.09. The summed E-state index contributed by atoms with van der Waals surface area (Å²) in [5, 5.41) is 11.7. The molecule has 0 aromatic carbocycles. The van der Waals surface area contributed by atoms with Gasteiger partial charge in [0.2, 0.25) is 5.91 Å². The van der Waals surface area contributed by atoms with E-state index in [0.717, 1.165) is 0 Å². The van der Waals surface area contributed by atoms with Gasteiger partial charge in [0.15, 0.2) is 0 Å². The van der Waals surface area contributed by atoms with Crippen LogP contribution in [0.4, 0.5) is 0 Å². The first-order valence-corrected chi connectivity index (χ1v) is 4.33. The summed E-state index contributed by atoms with van der Waals surface area (Å²) in [6.07, 6.45) is -0.262. The normalized spacial score (nSPS) is 12.1. The predicted octanol–water partition coefficient (Wildman–Crippen LogP) is -1.62. The molecule has 0 aromatic heterocycles. The molecule has 1 unspecified atom stereocenters. The Balaban J connectivity index is 3.30. The van der Waals surface area contributed by atoms with Crippen molar-refractivity contribution in [2.75, 3.05) is 20.2 Å². The second-order valence-electron chi connectivity index (χ2n) is 2.80. The van der Waals surface area contributed by atoms with E-state index in [1.807, 2.05) is 0 Å². The molecular weight excluding hydrogens is 188 g/mol. The zero-order valence-electron chi connectivity index (χ0n) is 8.16. The quantitative estimate of drug-likeness (QED) is 0.341. The maximum Gasteiger partial charge on any atom is 0.305 e. The first kappa shape index (κ1) is 12.9. The van der Waals surface area contributed by atoms with Crippen LogP contribution < -0.4 is 11.1 Å². The van der Waals surface area contributed by atoms with Crippen LogP contribution in [0, 0.1) is 0 Å². The summed E-state index contributed by atoms with van der Waals surface area (Å²) in [5.41, 5.74) is 4.82. The van der Waals surface area contributed by atoms with Gasteiger partial charge in [-0.3, -0.25) is 9.59 Å². The van der Waals surface area contributed by atoms with Crippen LogP contribution in [-0.2, 0) is 14.3 Å². The van der Waals surface area contributed by atoms with Gasteiger partial charge in [-0.1, -0.05) is 0 Å². The summed E-state index contributed by atoms with van der Waals surface area (Å²) in [6.45, 7) is 0.635. The monoisotopic (exact) mass is 204 g/mol. The van der Waals surface area contributed by atoms with Gasteiger partial charge in [0.1, 0.15) is 6.10 Å². The summed E-state index contributed by atoms with van der Waals surface area (Å²) in [6, 6.07) is 0. The highest BCUT2D eigenvalue weighted by molar-refractivity contribution is 5.78. The number of nitrogens with two attached hydrogens (primary N) is 1. The van der Waals surface area contributed by atoms with Crippen LogP contribution in [-0.4, -0.2) is 43.3 Å². The van der Waals surface area contributed by atoms with Crippen LogP contribution in [0.5, 0.6) is 0 Å². The molecule has 0 radical (unpaired) electrons. The van der Waals surface area contributed by atoms with E-state index in [1.54, 1.807) is 0 Å². The number of carbonyl (C=O) groups excluding carboxylic acids is 2. The fourth-order valence-electron chi connectivity index (χ4n) is 0.799. The smallest absolute Gasteiger partial charge is 0.305 e. The lowest BCUT2D eigenvalue weighted by molar-refractivity contribution is -0.140. The maximum absolute atomic E-state index is 10.6. The SMILES string of the molecule is COC(=O)CCCNCC(O)C(N)=O. The number of aliphatic hydroxyl groups excluding tert-OH is 1. The number of hydrogen-bond donors (Lipinski definition) is 3. The van der Waals surface area contributed by atoms with Gasteiger partial charge in [-0.2, -0.15) is 0 Å². The number of rotatable bonds is 7. The number of primary amides is 1. The Hall–Kier alpha value is -1.14. The van der Waals surface area contributed by atoms with Gasteiger partial charge >= 0.3 is 5.97 Å². The van der Waals surface area contributed by atoms with Crippen molar-refractivity contribution in [1.29, 1.82) is 0 Å². The molecule has 0 bridgehead atoms. The van der Waals surface area contributed by atoms with Crippen LogP contribution in [0.1, 0.15) is 12.8 Å². The largest absolute Gasteiger partial charge is 0.469 e. The average molecular weight is 204 g/mol. The number of aliphatic hydroxyl groups is 1. The van der Waals surface area contributed by atoms with Crippen molar-refractivity contribution in [3.05, 3.63) is 0 Å². The van der Waals surface area contributed by atoms with Crippen LogP contribution >= 0.6 is 0 Å².